The number of benzene rings is 1. The van der Waals surface area contributed by atoms with E-state index in [1.165, 1.54) is 65.4 Å². The highest BCUT2D eigenvalue weighted by atomic mass is 32.1. The molecule has 0 radical (unpaired) electrons. The van der Waals surface area contributed by atoms with Crippen LogP contribution in [0.3, 0.4) is 0 Å². The number of nitrogens with one attached hydrogen (secondary N) is 1. The lowest BCUT2D eigenvalue weighted by Gasteiger charge is -2.38. The summed E-state index contributed by atoms with van der Waals surface area (Å²) in [7, 11) is 2.31. The van der Waals surface area contributed by atoms with Gasteiger partial charge in [0, 0.05) is 34.6 Å². The predicted octanol–water partition coefficient (Wildman–Crippen LogP) is 5.48. The van der Waals surface area contributed by atoms with Crippen LogP contribution >= 0.6 is 11.3 Å². The van der Waals surface area contributed by atoms with Gasteiger partial charge >= 0.3 is 0 Å². The summed E-state index contributed by atoms with van der Waals surface area (Å²) in [6.07, 6.45) is 11.4. The van der Waals surface area contributed by atoms with E-state index in [2.05, 4.69) is 57.4 Å². The molecule has 0 aliphatic heterocycles. The van der Waals surface area contributed by atoms with Gasteiger partial charge in [0.1, 0.15) is 17.0 Å². The molecule has 2 aliphatic rings. The molecule has 3 atom stereocenters. The average Bonchev–Trinajstić information content (AvgIpc) is 3.48. The Morgan fingerprint density at radius 1 is 1.19 bits per heavy atom. The molecule has 6 heteroatoms. The summed E-state index contributed by atoms with van der Waals surface area (Å²) in [6.45, 7) is 0.999. The van der Waals surface area contributed by atoms with Crippen molar-refractivity contribution in [1.29, 1.82) is 0 Å². The third-order valence-electron chi connectivity index (χ3n) is 7.66. The largest absolute Gasteiger partial charge is 0.383 e. The molecule has 31 heavy (non-hydrogen) atoms. The normalized spacial score (nSPS) is 23.7. The lowest BCUT2D eigenvalue weighted by Crippen LogP contribution is -2.36. The van der Waals surface area contributed by atoms with Crippen LogP contribution < -0.4 is 5.73 Å². The van der Waals surface area contributed by atoms with Gasteiger partial charge in [0.15, 0.2) is 0 Å². The SMILES string of the molecule is CN(Cc1c[nH]c2ccccc12)[C@H]1CCCC(C2CCc3sc4ncnc(N)c4c32)C1. The van der Waals surface area contributed by atoms with Crippen LogP contribution in [0.2, 0.25) is 0 Å². The molecule has 0 bridgehead atoms. The van der Waals surface area contributed by atoms with Crippen LogP contribution in [0.1, 0.15) is 54.0 Å². The van der Waals surface area contributed by atoms with Gasteiger partial charge in [0.05, 0.1) is 5.39 Å². The van der Waals surface area contributed by atoms with Crippen molar-refractivity contribution >= 4 is 38.3 Å². The van der Waals surface area contributed by atoms with E-state index in [4.69, 9.17) is 5.73 Å². The Morgan fingerprint density at radius 3 is 3.03 bits per heavy atom. The molecule has 3 heterocycles. The Labute approximate surface area is 186 Å². The van der Waals surface area contributed by atoms with E-state index in [-0.39, 0.29) is 0 Å². The van der Waals surface area contributed by atoms with E-state index in [1.807, 2.05) is 11.3 Å². The second-order valence-corrected chi connectivity index (χ2v) is 10.5. The van der Waals surface area contributed by atoms with Gasteiger partial charge in [-0.15, -0.1) is 11.3 Å². The number of nitrogens with two attached hydrogens (primary N) is 1. The fraction of sp³-hybridized carbons (Fsp3) is 0.440. The molecule has 160 valence electrons. The zero-order chi connectivity index (χ0) is 20.9. The van der Waals surface area contributed by atoms with E-state index in [0.717, 1.165) is 22.7 Å². The summed E-state index contributed by atoms with van der Waals surface area (Å²) < 4.78 is 0. The molecule has 0 amide bonds. The monoisotopic (exact) mass is 431 g/mol. The van der Waals surface area contributed by atoms with Crippen LogP contribution in [0.4, 0.5) is 5.82 Å². The molecule has 5 nitrogen and oxygen atoms in total. The summed E-state index contributed by atoms with van der Waals surface area (Å²) in [5.41, 5.74) is 10.4. The topological polar surface area (TPSA) is 70.8 Å². The fourth-order valence-electron chi connectivity index (χ4n) is 6.13. The van der Waals surface area contributed by atoms with Gasteiger partial charge in [-0.05, 0) is 68.2 Å². The Balaban J connectivity index is 1.23. The molecule has 2 unspecified atom stereocenters. The van der Waals surface area contributed by atoms with Crippen LogP contribution in [-0.2, 0) is 13.0 Å². The highest BCUT2D eigenvalue weighted by molar-refractivity contribution is 7.19. The molecule has 2 aliphatic carbocycles. The number of nitrogens with zero attached hydrogens (tertiary/aromatic N) is 3. The lowest BCUT2D eigenvalue weighted by molar-refractivity contribution is 0.140. The molecule has 0 saturated heterocycles. The maximum absolute atomic E-state index is 6.31. The molecule has 0 spiro atoms. The molecule has 3 N–H and O–H groups in total. The molecule has 1 fully saturated rings. The Kier molecular flexibility index (Phi) is 4.73. The van der Waals surface area contributed by atoms with Crippen molar-refractivity contribution in [2.75, 3.05) is 12.8 Å². The maximum Gasteiger partial charge on any atom is 0.135 e. The van der Waals surface area contributed by atoms with Crippen molar-refractivity contribution in [3.05, 3.63) is 52.8 Å². The van der Waals surface area contributed by atoms with Crippen LogP contribution in [0.15, 0.2) is 36.8 Å². The third kappa shape index (κ3) is 3.24. The number of nitrogen functional groups attached to an aromatic ring is 1. The smallest absolute Gasteiger partial charge is 0.135 e. The third-order valence-corrected chi connectivity index (χ3v) is 8.83. The van der Waals surface area contributed by atoms with Gasteiger partial charge < -0.3 is 10.7 Å². The minimum atomic E-state index is 0.612. The van der Waals surface area contributed by atoms with Gasteiger partial charge in [-0.2, -0.15) is 0 Å². The van der Waals surface area contributed by atoms with Crippen molar-refractivity contribution < 1.29 is 0 Å². The fourth-order valence-corrected chi connectivity index (χ4v) is 7.36. The van der Waals surface area contributed by atoms with E-state index < -0.39 is 0 Å². The number of hydrogen-bond donors (Lipinski definition) is 2. The number of anilines is 1. The first-order valence-corrected chi connectivity index (χ1v) is 12.3. The zero-order valence-corrected chi connectivity index (χ0v) is 18.8. The molecule has 3 aromatic heterocycles. The van der Waals surface area contributed by atoms with E-state index in [9.17, 15) is 0 Å². The molecule has 6 rings (SSSR count). The predicted molar refractivity (Wildman–Crippen MR) is 128 cm³/mol. The van der Waals surface area contributed by atoms with Crippen LogP contribution in [-0.4, -0.2) is 32.9 Å². The van der Waals surface area contributed by atoms with Crippen molar-refractivity contribution in [1.82, 2.24) is 19.9 Å². The molecule has 1 aromatic carbocycles. The molecule has 4 aromatic rings. The number of thiophene rings is 1. The molecular weight excluding hydrogens is 402 g/mol. The van der Waals surface area contributed by atoms with E-state index in [1.54, 1.807) is 6.33 Å². The van der Waals surface area contributed by atoms with Crippen LogP contribution in [0.5, 0.6) is 0 Å². The number of aryl methyl sites for hydroxylation is 1. The zero-order valence-electron chi connectivity index (χ0n) is 18.0. The minimum absolute atomic E-state index is 0.612. The van der Waals surface area contributed by atoms with Crippen molar-refractivity contribution in [3.8, 4) is 0 Å². The summed E-state index contributed by atoms with van der Waals surface area (Å²) in [5, 5.41) is 2.50. The van der Waals surface area contributed by atoms with Crippen molar-refractivity contribution in [2.24, 2.45) is 5.92 Å². The quantitative estimate of drug-likeness (QED) is 0.449. The second-order valence-electron chi connectivity index (χ2n) is 9.38. The Hall–Kier alpha value is -2.44. The van der Waals surface area contributed by atoms with Crippen LogP contribution in [0, 0.1) is 5.92 Å². The molecule has 1 saturated carbocycles. The number of rotatable bonds is 4. The van der Waals surface area contributed by atoms with Gasteiger partial charge in [-0.3, -0.25) is 4.90 Å². The van der Waals surface area contributed by atoms with Gasteiger partial charge in [-0.1, -0.05) is 24.6 Å². The maximum atomic E-state index is 6.31. The average molecular weight is 432 g/mol. The summed E-state index contributed by atoms with van der Waals surface area (Å²) in [6, 6.07) is 9.25. The Morgan fingerprint density at radius 2 is 2.10 bits per heavy atom. The summed E-state index contributed by atoms with van der Waals surface area (Å²) in [4.78, 5) is 17.4. The van der Waals surface area contributed by atoms with Crippen LogP contribution in [0.25, 0.3) is 21.1 Å². The number of fused-ring (bicyclic) bond motifs is 4. The van der Waals surface area contributed by atoms with Crippen molar-refractivity contribution in [3.63, 3.8) is 0 Å². The highest BCUT2D eigenvalue weighted by Gasteiger charge is 2.37. The van der Waals surface area contributed by atoms with Gasteiger partial charge in [0.2, 0.25) is 0 Å². The molecular formula is C25H29N5S. The first kappa shape index (κ1) is 19.3. The first-order chi connectivity index (χ1) is 15.2. The lowest BCUT2D eigenvalue weighted by atomic mass is 9.75. The standard InChI is InChI=1S/C25H29N5S/c1-30(13-16-12-27-20-8-3-2-7-18(16)20)17-6-4-5-15(11-17)19-9-10-21-22(19)23-24(26)28-14-29-25(23)31-21/h2-3,7-8,12,14-15,17,19,27H,4-6,9-11,13H2,1H3,(H2,26,28,29)/t15?,17-,19?/m0/s1. The second kappa shape index (κ2) is 7.61. The number of H-pyrrole nitrogens is 1. The van der Waals surface area contributed by atoms with E-state index in [0.29, 0.717) is 17.8 Å². The number of hydrogen-bond acceptors (Lipinski definition) is 5. The number of aromatic nitrogens is 3. The first-order valence-electron chi connectivity index (χ1n) is 11.5. The number of para-hydroxylation sites is 1. The highest BCUT2D eigenvalue weighted by Crippen LogP contribution is 2.51. The summed E-state index contributed by atoms with van der Waals surface area (Å²) >= 11 is 1.83. The summed E-state index contributed by atoms with van der Waals surface area (Å²) in [5.74, 6) is 2.00. The van der Waals surface area contributed by atoms with Crippen molar-refractivity contribution in [2.45, 2.75) is 57.0 Å². The van der Waals surface area contributed by atoms with E-state index >= 15 is 0 Å². The van der Waals surface area contributed by atoms with Gasteiger partial charge in [0.25, 0.3) is 0 Å². The Bertz CT molecular complexity index is 1240. The minimum Gasteiger partial charge on any atom is -0.383 e. The number of aromatic amines is 1. The van der Waals surface area contributed by atoms with Gasteiger partial charge in [-0.25, -0.2) is 9.97 Å².